The lowest BCUT2D eigenvalue weighted by atomic mass is 10.1. The summed E-state index contributed by atoms with van der Waals surface area (Å²) in [5.41, 5.74) is 3.40. The highest BCUT2D eigenvalue weighted by Crippen LogP contribution is 2.25. The van der Waals surface area contributed by atoms with E-state index < -0.39 is 10.0 Å². The Balaban J connectivity index is 1.58. The predicted molar refractivity (Wildman–Crippen MR) is 138 cm³/mol. The van der Waals surface area contributed by atoms with Crippen molar-refractivity contribution in [2.75, 3.05) is 17.0 Å². The van der Waals surface area contributed by atoms with E-state index >= 15 is 0 Å². The van der Waals surface area contributed by atoms with Crippen LogP contribution in [0.2, 0.25) is 10.0 Å². The maximum Gasteiger partial charge on any atom is 0.262 e. The van der Waals surface area contributed by atoms with Crippen molar-refractivity contribution >= 4 is 56.6 Å². The topological polar surface area (TPSA) is 75.3 Å². The molecule has 1 amide bonds. The molecule has 9 heteroatoms. The van der Waals surface area contributed by atoms with Crippen LogP contribution in [0.25, 0.3) is 0 Å². The molecule has 0 radical (unpaired) electrons. The zero-order valence-corrected chi connectivity index (χ0v) is 21.3. The van der Waals surface area contributed by atoms with Gasteiger partial charge in [-0.2, -0.15) is 11.8 Å². The Morgan fingerprint density at radius 2 is 1.67 bits per heavy atom. The SMILES string of the molecule is Cc1ccc(NS(=O)(=O)c2cc(C(=O)NCCSCc3ccc(Cl)c(Cl)c3)ccc2C)cc1. The van der Waals surface area contributed by atoms with Crippen molar-refractivity contribution < 1.29 is 13.2 Å². The number of carbonyl (C=O) groups excluding carboxylic acids is 1. The van der Waals surface area contributed by atoms with E-state index in [1.54, 1.807) is 49.0 Å². The number of hydrogen-bond acceptors (Lipinski definition) is 4. The van der Waals surface area contributed by atoms with E-state index in [4.69, 9.17) is 23.2 Å². The first-order chi connectivity index (χ1) is 15.7. The number of anilines is 1. The lowest BCUT2D eigenvalue weighted by molar-refractivity contribution is 0.0956. The lowest BCUT2D eigenvalue weighted by Crippen LogP contribution is -2.26. The Morgan fingerprint density at radius 3 is 2.36 bits per heavy atom. The monoisotopic (exact) mass is 522 g/mol. The van der Waals surface area contributed by atoms with E-state index in [1.807, 2.05) is 31.2 Å². The number of sulfonamides is 1. The highest BCUT2D eigenvalue weighted by atomic mass is 35.5. The summed E-state index contributed by atoms with van der Waals surface area (Å²) in [5, 5.41) is 3.88. The zero-order chi connectivity index (χ0) is 24.0. The van der Waals surface area contributed by atoms with Gasteiger partial charge in [-0.05, 0) is 61.4 Å². The molecular formula is C24H24Cl2N2O3S2. The molecule has 0 fully saturated rings. The molecule has 0 bridgehead atoms. The minimum absolute atomic E-state index is 0.0738. The Kier molecular flexibility index (Phi) is 8.70. The summed E-state index contributed by atoms with van der Waals surface area (Å²) in [7, 11) is -3.83. The van der Waals surface area contributed by atoms with Crippen molar-refractivity contribution in [2.45, 2.75) is 24.5 Å². The Labute approximate surface area is 208 Å². The molecule has 0 aliphatic rings. The molecule has 0 aliphatic carbocycles. The number of rotatable bonds is 9. The fraction of sp³-hybridized carbons (Fsp3) is 0.208. The Morgan fingerprint density at radius 1 is 0.939 bits per heavy atom. The van der Waals surface area contributed by atoms with Gasteiger partial charge in [0, 0.05) is 29.3 Å². The fourth-order valence-electron chi connectivity index (χ4n) is 3.02. The average Bonchev–Trinajstić information content (AvgIpc) is 2.77. The van der Waals surface area contributed by atoms with Crippen LogP contribution >= 0.6 is 35.0 Å². The third kappa shape index (κ3) is 7.14. The highest BCUT2D eigenvalue weighted by Gasteiger charge is 2.19. The number of amides is 1. The van der Waals surface area contributed by atoms with Crippen LogP contribution in [-0.2, 0) is 15.8 Å². The Bertz CT molecular complexity index is 1250. The van der Waals surface area contributed by atoms with Gasteiger partial charge in [-0.1, -0.05) is 53.0 Å². The molecule has 5 nitrogen and oxygen atoms in total. The van der Waals surface area contributed by atoms with Crippen molar-refractivity contribution in [3.8, 4) is 0 Å². The number of hydrogen-bond donors (Lipinski definition) is 2. The van der Waals surface area contributed by atoms with E-state index in [-0.39, 0.29) is 10.8 Å². The van der Waals surface area contributed by atoms with Crippen molar-refractivity contribution in [2.24, 2.45) is 0 Å². The lowest BCUT2D eigenvalue weighted by Gasteiger charge is -2.12. The van der Waals surface area contributed by atoms with Crippen LogP contribution < -0.4 is 10.0 Å². The summed E-state index contributed by atoms with van der Waals surface area (Å²) in [6.45, 7) is 4.07. The third-order valence-electron chi connectivity index (χ3n) is 4.83. The molecule has 0 unspecified atom stereocenters. The molecule has 0 saturated carbocycles. The Hall–Kier alpha value is -2.19. The maximum atomic E-state index is 12.9. The van der Waals surface area contributed by atoms with Gasteiger partial charge >= 0.3 is 0 Å². The number of aryl methyl sites for hydroxylation is 2. The number of benzene rings is 3. The van der Waals surface area contributed by atoms with Crippen molar-refractivity contribution in [3.63, 3.8) is 0 Å². The standard InChI is InChI=1S/C24H24Cl2N2O3S2/c1-16-3-8-20(9-4-16)28-33(30,31)23-14-19(7-5-17(23)2)24(29)27-11-12-32-15-18-6-10-21(25)22(26)13-18/h3-10,13-14,28H,11-12,15H2,1-2H3,(H,27,29). The summed E-state index contributed by atoms with van der Waals surface area (Å²) in [4.78, 5) is 12.7. The van der Waals surface area contributed by atoms with Gasteiger partial charge < -0.3 is 5.32 Å². The minimum Gasteiger partial charge on any atom is -0.351 e. The van der Waals surface area contributed by atoms with Gasteiger partial charge in [-0.3, -0.25) is 9.52 Å². The molecule has 3 aromatic rings. The van der Waals surface area contributed by atoms with Gasteiger partial charge in [0.1, 0.15) is 0 Å². The summed E-state index contributed by atoms with van der Waals surface area (Å²) in [6, 6.07) is 17.2. The molecule has 2 N–H and O–H groups in total. The van der Waals surface area contributed by atoms with Gasteiger partial charge in [-0.15, -0.1) is 0 Å². The van der Waals surface area contributed by atoms with Gasteiger partial charge in [0.15, 0.2) is 0 Å². The second-order valence-electron chi connectivity index (χ2n) is 7.51. The first-order valence-electron chi connectivity index (χ1n) is 10.2. The molecule has 0 atom stereocenters. The highest BCUT2D eigenvalue weighted by molar-refractivity contribution is 7.98. The number of carbonyl (C=O) groups is 1. The van der Waals surface area contributed by atoms with Crippen LogP contribution in [0.5, 0.6) is 0 Å². The largest absolute Gasteiger partial charge is 0.351 e. The minimum atomic E-state index is -3.83. The summed E-state index contributed by atoms with van der Waals surface area (Å²) in [5.74, 6) is 1.11. The van der Waals surface area contributed by atoms with Crippen LogP contribution in [0.1, 0.15) is 27.0 Å². The summed E-state index contributed by atoms with van der Waals surface area (Å²) in [6.07, 6.45) is 0. The van der Waals surface area contributed by atoms with E-state index in [9.17, 15) is 13.2 Å². The molecule has 3 rings (SSSR count). The zero-order valence-electron chi connectivity index (χ0n) is 18.2. The third-order valence-corrected chi connectivity index (χ3v) is 8.12. The predicted octanol–water partition coefficient (Wildman–Crippen LogP) is 6.07. The van der Waals surface area contributed by atoms with Gasteiger partial charge in [0.25, 0.3) is 15.9 Å². The van der Waals surface area contributed by atoms with Crippen LogP contribution in [0.4, 0.5) is 5.69 Å². The van der Waals surface area contributed by atoms with Crippen molar-refractivity contribution in [1.29, 1.82) is 0 Å². The van der Waals surface area contributed by atoms with Crippen LogP contribution in [-0.4, -0.2) is 26.6 Å². The molecular weight excluding hydrogens is 499 g/mol. The fourth-order valence-corrected chi connectivity index (χ4v) is 5.48. The molecule has 0 heterocycles. The normalized spacial score (nSPS) is 11.3. The smallest absolute Gasteiger partial charge is 0.262 e. The average molecular weight is 524 g/mol. The van der Waals surface area contributed by atoms with E-state index in [1.165, 1.54) is 6.07 Å². The first-order valence-corrected chi connectivity index (χ1v) is 13.5. The van der Waals surface area contributed by atoms with E-state index in [2.05, 4.69) is 10.0 Å². The molecule has 0 saturated heterocycles. The van der Waals surface area contributed by atoms with Gasteiger partial charge in [0.2, 0.25) is 0 Å². The van der Waals surface area contributed by atoms with Crippen LogP contribution in [0, 0.1) is 13.8 Å². The maximum absolute atomic E-state index is 12.9. The van der Waals surface area contributed by atoms with Crippen molar-refractivity contribution in [1.82, 2.24) is 5.32 Å². The van der Waals surface area contributed by atoms with Gasteiger partial charge in [0.05, 0.1) is 14.9 Å². The molecule has 0 aromatic heterocycles. The molecule has 3 aromatic carbocycles. The summed E-state index contributed by atoms with van der Waals surface area (Å²) < 4.78 is 28.4. The van der Waals surface area contributed by atoms with Crippen LogP contribution in [0.15, 0.2) is 65.6 Å². The molecule has 33 heavy (non-hydrogen) atoms. The van der Waals surface area contributed by atoms with Crippen molar-refractivity contribution in [3.05, 3.63) is 93.0 Å². The van der Waals surface area contributed by atoms with E-state index in [0.717, 1.165) is 16.9 Å². The number of halogens is 2. The second-order valence-corrected chi connectivity index (χ2v) is 11.1. The van der Waals surface area contributed by atoms with Gasteiger partial charge in [-0.25, -0.2) is 8.42 Å². The second kappa shape index (κ2) is 11.3. The molecule has 0 aliphatic heterocycles. The molecule has 174 valence electrons. The first kappa shape index (κ1) is 25.4. The quantitative estimate of drug-likeness (QED) is 0.334. The summed E-state index contributed by atoms with van der Waals surface area (Å²) >= 11 is 13.6. The van der Waals surface area contributed by atoms with E-state index in [0.29, 0.717) is 39.2 Å². The van der Waals surface area contributed by atoms with Crippen LogP contribution in [0.3, 0.4) is 0 Å². The number of nitrogens with one attached hydrogen (secondary N) is 2. The number of thioether (sulfide) groups is 1. The molecule has 0 spiro atoms.